The van der Waals surface area contributed by atoms with E-state index in [4.69, 9.17) is 37.9 Å². The fourth-order valence-electron chi connectivity index (χ4n) is 6.79. The average molecular weight is 803 g/mol. The number of nitrogens with one attached hydrogen (secondary N) is 2. The summed E-state index contributed by atoms with van der Waals surface area (Å²) in [5, 5.41) is 109. The first kappa shape index (κ1) is 44.5. The van der Waals surface area contributed by atoms with Crippen LogP contribution in [-0.4, -0.2) is 211 Å². The monoisotopic (exact) mass is 802 g/mol. The van der Waals surface area contributed by atoms with Gasteiger partial charge in [0.25, 0.3) is 6.47 Å². The molecule has 20 atom stereocenters. The first-order chi connectivity index (χ1) is 25.9. The second kappa shape index (κ2) is 18.8. The highest BCUT2D eigenvalue weighted by molar-refractivity contribution is 5.74. The molecule has 0 aromatic carbocycles. The largest absolute Gasteiger partial charge is 0.479 e. The summed E-state index contributed by atoms with van der Waals surface area (Å²) in [5.74, 6) is -5.94. The van der Waals surface area contributed by atoms with Crippen LogP contribution in [0.5, 0.6) is 0 Å². The normalized spacial score (nSPS) is 44.9. The number of hydrogen-bond donors (Lipinski definition) is 12. The highest BCUT2D eigenvalue weighted by Gasteiger charge is 2.57. The number of hydrogen-bond acceptors (Lipinski definition) is 21. The summed E-state index contributed by atoms with van der Waals surface area (Å²) in [6, 6.07) is -3.33. The predicted octanol–water partition coefficient (Wildman–Crippen LogP) is -7.82. The van der Waals surface area contributed by atoms with Crippen molar-refractivity contribution in [2.24, 2.45) is 5.92 Å². The van der Waals surface area contributed by atoms with Gasteiger partial charge < -0.3 is 99.6 Å². The van der Waals surface area contributed by atoms with Gasteiger partial charge in [-0.05, 0) is 0 Å². The molecule has 2 amide bonds. The van der Waals surface area contributed by atoms with Gasteiger partial charge in [0.15, 0.2) is 37.4 Å². The lowest BCUT2D eigenvalue weighted by atomic mass is 9.90. The molecule has 0 aliphatic carbocycles. The Hall–Kier alpha value is -3.25. The van der Waals surface area contributed by atoms with Crippen molar-refractivity contribution in [2.45, 2.75) is 137 Å². The average Bonchev–Trinajstić information content (AvgIpc) is 3.11. The van der Waals surface area contributed by atoms with E-state index in [1.54, 1.807) is 0 Å². The van der Waals surface area contributed by atoms with Crippen LogP contribution in [0.4, 0.5) is 0 Å². The maximum Gasteiger partial charge on any atom is 0.335 e. The summed E-state index contributed by atoms with van der Waals surface area (Å²) in [6.07, 6.45) is -31.7. The van der Waals surface area contributed by atoms with E-state index in [0.717, 1.165) is 13.8 Å². The first-order valence-electron chi connectivity index (χ1n) is 16.8. The Morgan fingerprint density at radius 3 is 1.47 bits per heavy atom. The van der Waals surface area contributed by atoms with E-state index in [1.165, 1.54) is 6.92 Å². The van der Waals surface area contributed by atoms with Gasteiger partial charge in [0.2, 0.25) is 11.8 Å². The molecule has 4 aliphatic heterocycles. The van der Waals surface area contributed by atoms with Crippen LogP contribution in [0.3, 0.4) is 0 Å². The summed E-state index contributed by atoms with van der Waals surface area (Å²) in [5.41, 5.74) is 0. The SMILES string of the molecule is CC(=O)N[C@H]1[C@H](O[C@H]2[C@H](O)[C@@H](NC(C)=O)[C@H](O[C@@H]3[C@@H](OC=O)[C@H](C)[C@@H](C(=O)O)O[C@H]3O)O[C@@H]2CO)O[C@H](CO)[C@@H](O[C@@H]2O[C@H](C(=O)O)[C@H](O)[C@H](O)[C@H]2O)[C@@H]1O. The van der Waals surface area contributed by atoms with Crippen LogP contribution >= 0.6 is 0 Å². The molecule has 25 nitrogen and oxygen atoms in total. The number of amides is 2. The minimum atomic E-state index is -2.11. The third-order valence-corrected chi connectivity index (χ3v) is 9.48. The van der Waals surface area contributed by atoms with Gasteiger partial charge in [0, 0.05) is 19.8 Å². The van der Waals surface area contributed by atoms with E-state index < -0.39 is 159 Å². The zero-order chi connectivity index (χ0) is 41.0. The molecule has 0 aromatic heterocycles. The summed E-state index contributed by atoms with van der Waals surface area (Å²) >= 11 is 0. The lowest BCUT2D eigenvalue weighted by molar-refractivity contribution is -0.368. The molecule has 4 aliphatic rings. The molecule has 25 heteroatoms. The number of aliphatic hydroxyl groups excluding tert-OH is 8. The van der Waals surface area contributed by atoms with Crippen molar-refractivity contribution in [1.29, 1.82) is 0 Å². The van der Waals surface area contributed by atoms with E-state index >= 15 is 0 Å². The van der Waals surface area contributed by atoms with Crippen molar-refractivity contribution in [1.82, 2.24) is 10.6 Å². The van der Waals surface area contributed by atoms with Crippen LogP contribution < -0.4 is 10.6 Å². The van der Waals surface area contributed by atoms with Gasteiger partial charge in [0.05, 0.1) is 13.2 Å². The Morgan fingerprint density at radius 2 is 1.05 bits per heavy atom. The Kier molecular flexibility index (Phi) is 15.2. The fraction of sp³-hybridized carbons (Fsp3) is 0.833. The van der Waals surface area contributed by atoms with Gasteiger partial charge in [0.1, 0.15) is 79.2 Å². The van der Waals surface area contributed by atoms with Gasteiger partial charge >= 0.3 is 11.9 Å². The van der Waals surface area contributed by atoms with Gasteiger partial charge in [-0.3, -0.25) is 14.4 Å². The second-order valence-corrected chi connectivity index (χ2v) is 13.3. The number of carboxylic acid groups (broad SMARTS) is 2. The Morgan fingerprint density at radius 1 is 0.600 bits per heavy atom. The number of carbonyl (C=O) groups excluding carboxylic acids is 3. The summed E-state index contributed by atoms with van der Waals surface area (Å²) in [6.45, 7) is 1.41. The van der Waals surface area contributed by atoms with E-state index in [0.29, 0.717) is 0 Å². The molecule has 4 heterocycles. The molecule has 55 heavy (non-hydrogen) atoms. The predicted molar refractivity (Wildman–Crippen MR) is 166 cm³/mol. The molecule has 12 N–H and O–H groups in total. The standard InChI is InChI=1S/C30H46N2O23/c1-7-19(48-6-35)24(27(47)51-20(7)25(43)44)55-29-13(32-9(3)37)14(38)21(10(4-33)50-29)52-28-12(31-8(2)36)15(39)22(11(5-34)49-28)53-30-18(42)16(40)17(41)23(54-30)26(45)46/h6-7,10-24,27-30,33-34,38-42,47H,4-5H2,1-3H3,(H,31,36)(H,32,37)(H,43,44)(H,45,46)/t7-,10+,11+,12+,13+,14+,15+,16-,17+,18+,19-,20-,21+,22+,23-,24+,27+,28-,29-,30+/m0/s1. The van der Waals surface area contributed by atoms with E-state index in [2.05, 4.69) is 10.6 Å². The van der Waals surface area contributed by atoms with E-state index in [-0.39, 0.29) is 6.47 Å². The third kappa shape index (κ3) is 9.66. The maximum absolute atomic E-state index is 12.3. The minimum absolute atomic E-state index is 0.0269. The zero-order valence-electron chi connectivity index (χ0n) is 29.3. The van der Waals surface area contributed by atoms with Crippen LogP contribution in [-0.2, 0) is 61.9 Å². The minimum Gasteiger partial charge on any atom is -0.479 e. The molecule has 0 saturated carbocycles. The molecule has 314 valence electrons. The quantitative estimate of drug-likeness (QED) is 0.0726. The number of ether oxygens (including phenoxy) is 8. The Labute approximate surface area is 310 Å². The van der Waals surface area contributed by atoms with Gasteiger partial charge in [-0.1, -0.05) is 6.92 Å². The third-order valence-electron chi connectivity index (χ3n) is 9.48. The smallest absolute Gasteiger partial charge is 0.335 e. The van der Waals surface area contributed by atoms with Crippen molar-refractivity contribution in [2.75, 3.05) is 13.2 Å². The number of carbonyl (C=O) groups is 5. The molecule has 0 bridgehead atoms. The topological polar surface area (TPSA) is 386 Å². The molecule has 0 unspecified atom stereocenters. The van der Waals surface area contributed by atoms with Crippen molar-refractivity contribution < 1.29 is 113 Å². The van der Waals surface area contributed by atoms with Crippen molar-refractivity contribution in [3.63, 3.8) is 0 Å². The number of carboxylic acids is 2. The number of rotatable bonds is 14. The van der Waals surface area contributed by atoms with Crippen LogP contribution in [0.15, 0.2) is 0 Å². The van der Waals surface area contributed by atoms with E-state index in [1.807, 2.05) is 0 Å². The zero-order valence-corrected chi connectivity index (χ0v) is 29.3. The van der Waals surface area contributed by atoms with Gasteiger partial charge in [-0.15, -0.1) is 0 Å². The van der Waals surface area contributed by atoms with Crippen LogP contribution in [0.25, 0.3) is 0 Å². The summed E-state index contributed by atoms with van der Waals surface area (Å²) in [7, 11) is 0. The van der Waals surface area contributed by atoms with Crippen molar-refractivity contribution in [3.8, 4) is 0 Å². The summed E-state index contributed by atoms with van der Waals surface area (Å²) in [4.78, 5) is 59.2. The highest BCUT2D eigenvalue weighted by atomic mass is 16.8. The van der Waals surface area contributed by atoms with Crippen molar-refractivity contribution >= 4 is 30.2 Å². The molecule has 0 radical (unpaired) electrons. The molecule has 0 aromatic rings. The molecule has 4 fully saturated rings. The molecule has 0 spiro atoms. The second-order valence-electron chi connectivity index (χ2n) is 13.3. The lowest BCUT2D eigenvalue weighted by Crippen LogP contribution is -2.71. The fourth-order valence-corrected chi connectivity index (χ4v) is 6.79. The molecular formula is C30H46N2O23. The maximum atomic E-state index is 12.3. The van der Waals surface area contributed by atoms with Crippen molar-refractivity contribution in [3.05, 3.63) is 0 Å². The van der Waals surface area contributed by atoms with E-state index in [9.17, 15) is 75.0 Å². The first-order valence-corrected chi connectivity index (χ1v) is 16.8. The highest BCUT2D eigenvalue weighted by Crippen LogP contribution is 2.35. The van der Waals surface area contributed by atoms with Gasteiger partial charge in [-0.25, -0.2) is 9.59 Å². The molecule has 4 rings (SSSR count). The molecular weight excluding hydrogens is 756 g/mol. The van der Waals surface area contributed by atoms with Crippen LogP contribution in [0.1, 0.15) is 20.8 Å². The molecule has 4 saturated heterocycles. The van der Waals surface area contributed by atoms with Gasteiger partial charge in [-0.2, -0.15) is 0 Å². The van der Waals surface area contributed by atoms with Crippen LogP contribution in [0, 0.1) is 5.92 Å². The Bertz CT molecular complexity index is 1360. The number of aliphatic hydroxyl groups is 8. The Balaban J connectivity index is 1.60. The van der Waals surface area contributed by atoms with Crippen LogP contribution in [0.2, 0.25) is 0 Å². The summed E-state index contributed by atoms with van der Waals surface area (Å²) < 4.78 is 44.2. The lowest BCUT2D eigenvalue weighted by Gasteiger charge is -2.50. The number of aliphatic carboxylic acids is 2.